The summed E-state index contributed by atoms with van der Waals surface area (Å²) in [5.74, 6) is 1.08. The molecule has 1 unspecified atom stereocenters. The Hall–Kier alpha value is 0.600. The molecule has 142 valence electrons. The lowest BCUT2D eigenvalue weighted by Crippen LogP contribution is -2.51. The number of hydrogen-bond donors (Lipinski definition) is 0. The number of halogens is 5. The first-order valence-electron chi connectivity index (χ1n) is 7.99. The maximum absolute atomic E-state index is 6.22. The summed E-state index contributed by atoms with van der Waals surface area (Å²) in [5.41, 5.74) is 2.21. The average Bonchev–Trinajstić information content (AvgIpc) is 2.60. The van der Waals surface area contributed by atoms with Crippen LogP contribution in [-0.4, -0.2) is 18.3 Å². The van der Waals surface area contributed by atoms with Crippen molar-refractivity contribution in [2.45, 2.75) is 25.5 Å². The quantitative estimate of drug-likeness (QED) is 0.263. The predicted molar refractivity (Wildman–Crippen MR) is 127 cm³/mol. The Morgan fingerprint density at radius 3 is 2.08 bits per heavy atom. The zero-order valence-corrected chi connectivity index (χ0v) is 22.2. The molecule has 0 spiro atoms. The lowest BCUT2D eigenvalue weighted by atomic mass is 10.1. The summed E-state index contributed by atoms with van der Waals surface area (Å²) in [6.07, 6.45) is 0. The Bertz CT molecular complexity index is 706. The molecule has 2 aromatic carbocycles. The molecule has 2 rings (SSSR count). The first-order valence-corrected chi connectivity index (χ1v) is 12.2. The Kier molecular flexibility index (Phi) is 8.70. The molecular weight excluding hydrogens is 660 g/mol. The fourth-order valence-corrected chi connectivity index (χ4v) is 5.56. The minimum Gasteiger partial charge on any atom is -0.462 e. The molecule has 0 amide bonds. The third-order valence-corrected chi connectivity index (χ3v) is 9.82. The van der Waals surface area contributed by atoms with E-state index in [0.29, 0.717) is 18.3 Å². The normalized spacial score (nSPS) is 14.5. The molecule has 0 saturated carbocycles. The maximum Gasteiger partial charge on any atom is 0.258 e. The van der Waals surface area contributed by atoms with Gasteiger partial charge in [0.05, 0.1) is 6.61 Å². The van der Waals surface area contributed by atoms with Gasteiger partial charge in [0.25, 0.3) is 3.42 Å². The topological polar surface area (TPSA) is 18.5 Å². The molecule has 0 aliphatic heterocycles. The zero-order chi connectivity index (χ0) is 19.4. The second-order valence-electron chi connectivity index (χ2n) is 6.16. The van der Waals surface area contributed by atoms with Crippen LogP contribution >= 0.6 is 79.6 Å². The van der Waals surface area contributed by atoms with Crippen molar-refractivity contribution in [3.8, 4) is 16.9 Å². The van der Waals surface area contributed by atoms with E-state index in [1.807, 2.05) is 36.4 Å². The largest absolute Gasteiger partial charge is 0.462 e. The van der Waals surface area contributed by atoms with E-state index < -0.39 is 7.93 Å². The van der Waals surface area contributed by atoms with Crippen molar-refractivity contribution in [3.63, 3.8) is 0 Å². The highest BCUT2D eigenvalue weighted by Gasteiger charge is 2.54. The van der Waals surface area contributed by atoms with Gasteiger partial charge in [0.2, 0.25) is 4.51 Å². The van der Waals surface area contributed by atoms with Gasteiger partial charge in [-0.3, -0.25) is 0 Å². The summed E-state index contributed by atoms with van der Waals surface area (Å²) >= 11 is 18.1. The standard InChI is InChI=1S/C19H19Br5O2/c1-13(2)12-25-18(22,17(20)21)19(23,24)26-16-10-6-9-15(11-16)14-7-4-3-5-8-14/h3-11,13,17H,12H2,1-2H3. The third kappa shape index (κ3) is 5.80. The van der Waals surface area contributed by atoms with E-state index in [9.17, 15) is 0 Å². The number of benzene rings is 2. The Morgan fingerprint density at radius 1 is 0.885 bits per heavy atom. The molecule has 0 radical (unpaired) electrons. The van der Waals surface area contributed by atoms with Crippen molar-refractivity contribution in [3.05, 3.63) is 54.6 Å². The molecule has 0 bridgehead atoms. The van der Waals surface area contributed by atoms with E-state index in [4.69, 9.17) is 9.47 Å². The molecule has 7 heteroatoms. The summed E-state index contributed by atoms with van der Waals surface area (Å²) in [7, 11) is 0. The van der Waals surface area contributed by atoms with Crippen LogP contribution in [0.25, 0.3) is 11.1 Å². The molecule has 0 fully saturated rings. The lowest BCUT2D eigenvalue weighted by molar-refractivity contribution is -0.0204. The van der Waals surface area contributed by atoms with Gasteiger partial charge in [0.1, 0.15) is 9.49 Å². The van der Waals surface area contributed by atoms with E-state index in [2.05, 4.69) is 112 Å². The van der Waals surface area contributed by atoms with Crippen LogP contribution in [0.3, 0.4) is 0 Å². The van der Waals surface area contributed by atoms with Gasteiger partial charge in [-0.15, -0.1) is 0 Å². The van der Waals surface area contributed by atoms with E-state index >= 15 is 0 Å². The van der Waals surface area contributed by atoms with Crippen molar-refractivity contribution >= 4 is 79.6 Å². The van der Waals surface area contributed by atoms with Crippen molar-refractivity contribution in [1.29, 1.82) is 0 Å². The van der Waals surface area contributed by atoms with Gasteiger partial charge in [0, 0.05) is 0 Å². The minimum absolute atomic E-state index is 0.225. The summed E-state index contributed by atoms with van der Waals surface area (Å²) < 4.78 is 10.2. The molecule has 2 aromatic rings. The Balaban J connectivity index is 2.27. The summed E-state index contributed by atoms with van der Waals surface area (Å²) in [6, 6.07) is 18.1. The van der Waals surface area contributed by atoms with Gasteiger partial charge in [-0.2, -0.15) is 0 Å². The van der Waals surface area contributed by atoms with Crippen molar-refractivity contribution in [2.24, 2.45) is 5.92 Å². The molecule has 0 saturated heterocycles. The first kappa shape index (κ1) is 22.9. The van der Waals surface area contributed by atoms with Crippen molar-refractivity contribution < 1.29 is 9.47 Å². The van der Waals surface area contributed by atoms with Crippen LogP contribution in [0.2, 0.25) is 0 Å². The summed E-state index contributed by atoms with van der Waals surface area (Å²) in [5, 5.41) is 0. The second-order valence-corrected chi connectivity index (χ2v) is 13.7. The lowest BCUT2D eigenvalue weighted by Gasteiger charge is -2.40. The molecule has 0 heterocycles. The first-order chi connectivity index (χ1) is 12.2. The van der Waals surface area contributed by atoms with E-state index in [-0.39, 0.29) is 3.74 Å². The summed E-state index contributed by atoms with van der Waals surface area (Å²) in [4.78, 5) is 0. The molecule has 26 heavy (non-hydrogen) atoms. The number of alkyl halides is 5. The van der Waals surface area contributed by atoms with Gasteiger partial charge < -0.3 is 9.47 Å². The minimum atomic E-state index is -1.02. The smallest absolute Gasteiger partial charge is 0.258 e. The van der Waals surface area contributed by atoms with Gasteiger partial charge in [-0.1, -0.05) is 88.2 Å². The van der Waals surface area contributed by atoms with Gasteiger partial charge in [-0.05, 0) is 77.0 Å². The Labute approximate surface area is 197 Å². The summed E-state index contributed by atoms with van der Waals surface area (Å²) in [6.45, 7) is 4.75. The van der Waals surface area contributed by atoms with Crippen LogP contribution in [-0.2, 0) is 4.74 Å². The SMILES string of the molecule is CC(C)COC(Br)(C(Br)Br)C(Br)(Br)Oc1cccc(-c2ccccc2)c1. The highest BCUT2D eigenvalue weighted by Crippen LogP contribution is 2.52. The van der Waals surface area contributed by atoms with E-state index in [1.54, 1.807) is 0 Å². The molecule has 0 aliphatic carbocycles. The number of rotatable bonds is 8. The van der Waals surface area contributed by atoms with Crippen LogP contribution in [0.15, 0.2) is 54.6 Å². The highest BCUT2D eigenvalue weighted by molar-refractivity contribution is 9.27. The van der Waals surface area contributed by atoms with Crippen molar-refractivity contribution in [1.82, 2.24) is 0 Å². The van der Waals surface area contributed by atoms with Crippen LogP contribution in [0.5, 0.6) is 5.75 Å². The van der Waals surface area contributed by atoms with Gasteiger partial charge >= 0.3 is 0 Å². The Morgan fingerprint density at radius 2 is 1.50 bits per heavy atom. The fourth-order valence-electron chi connectivity index (χ4n) is 2.15. The fraction of sp³-hybridized carbons (Fsp3) is 0.368. The highest BCUT2D eigenvalue weighted by atomic mass is 79.9. The third-order valence-electron chi connectivity index (χ3n) is 3.49. The average molecular weight is 679 g/mol. The number of ether oxygens (including phenoxy) is 2. The molecule has 0 aliphatic rings. The molecule has 0 N–H and O–H groups in total. The molecular formula is C19H19Br5O2. The van der Waals surface area contributed by atoms with Gasteiger partial charge in [-0.25, -0.2) is 0 Å². The van der Waals surface area contributed by atoms with Crippen molar-refractivity contribution in [2.75, 3.05) is 6.61 Å². The van der Waals surface area contributed by atoms with E-state index in [0.717, 1.165) is 11.1 Å². The second kappa shape index (κ2) is 9.88. The van der Waals surface area contributed by atoms with Crippen LogP contribution in [0.4, 0.5) is 0 Å². The number of hydrogen-bond acceptors (Lipinski definition) is 2. The van der Waals surface area contributed by atoms with Crippen LogP contribution in [0.1, 0.15) is 13.8 Å². The van der Waals surface area contributed by atoms with Gasteiger partial charge in [0.15, 0.2) is 0 Å². The van der Waals surface area contributed by atoms with Crippen LogP contribution < -0.4 is 4.74 Å². The monoisotopic (exact) mass is 674 g/mol. The van der Waals surface area contributed by atoms with E-state index in [1.165, 1.54) is 0 Å². The molecule has 1 atom stereocenters. The van der Waals surface area contributed by atoms with Crippen LogP contribution in [0, 0.1) is 5.92 Å². The zero-order valence-electron chi connectivity index (χ0n) is 14.3. The molecule has 0 aromatic heterocycles. The molecule has 2 nitrogen and oxygen atoms in total. The predicted octanol–water partition coefficient (Wildman–Crippen LogP) is 8.06. The maximum atomic E-state index is 6.22.